The van der Waals surface area contributed by atoms with Crippen molar-refractivity contribution in [3.8, 4) is 17.1 Å². The van der Waals surface area contributed by atoms with E-state index in [9.17, 15) is 0 Å². The molecule has 0 amide bonds. The number of para-hydroxylation sites is 1. The smallest absolute Gasteiger partial charge is 0.137 e. The Morgan fingerprint density at radius 2 is 1.90 bits per heavy atom. The fraction of sp³-hybridized carbons (Fsp3) is 0.348. The Labute approximate surface area is 182 Å². The Morgan fingerprint density at radius 3 is 2.72 bits per heavy atom. The van der Waals surface area contributed by atoms with Crippen LogP contribution in [0.2, 0.25) is 0 Å². The number of aromatic nitrogens is 2. The number of halogens is 1. The summed E-state index contributed by atoms with van der Waals surface area (Å²) in [6.45, 7) is 8.17. The minimum Gasteiger partial charge on any atom is -0.493 e. The minimum absolute atomic E-state index is 0. The molecule has 0 saturated carbocycles. The largest absolute Gasteiger partial charge is 0.493 e. The van der Waals surface area contributed by atoms with E-state index in [-0.39, 0.29) is 17.0 Å². The maximum absolute atomic E-state index is 5.60. The van der Waals surface area contributed by atoms with Crippen LogP contribution in [0.5, 0.6) is 5.75 Å². The summed E-state index contributed by atoms with van der Waals surface area (Å²) in [5.41, 5.74) is 6.32. The van der Waals surface area contributed by atoms with Gasteiger partial charge in [-0.1, -0.05) is 18.2 Å². The lowest BCUT2D eigenvalue weighted by atomic mass is 10.1. The second-order valence-electron chi connectivity index (χ2n) is 7.73. The monoisotopic (exact) mass is 454 g/mol. The molecule has 2 aliphatic rings. The summed E-state index contributed by atoms with van der Waals surface area (Å²) >= 11 is 0. The number of rotatable bonds is 4. The summed E-state index contributed by atoms with van der Waals surface area (Å²) in [4.78, 5) is 13.1. The van der Waals surface area contributed by atoms with E-state index in [1.807, 2.05) is 6.20 Å². The number of aryl methyl sites for hydroxylation is 1. The summed E-state index contributed by atoms with van der Waals surface area (Å²) < 4.78 is 5.60. The maximum atomic E-state index is 5.60. The van der Waals surface area contributed by atoms with E-state index < -0.39 is 0 Å². The molecule has 5 nitrogen and oxygen atoms in total. The first-order valence-electron chi connectivity index (χ1n) is 10.1. The fourth-order valence-electron chi connectivity index (χ4n) is 4.23. The quantitative estimate of drug-likeness (QED) is 0.640. The molecular weight excluding hydrogens is 428 g/mol. The highest BCUT2D eigenvalue weighted by molar-refractivity contribution is 8.93. The topological polar surface area (TPSA) is 44.4 Å². The van der Waals surface area contributed by atoms with Crippen LogP contribution in [0.1, 0.15) is 16.8 Å². The second-order valence-corrected chi connectivity index (χ2v) is 7.73. The summed E-state index contributed by atoms with van der Waals surface area (Å²) in [5, 5.41) is 0. The number of fused-ring (bicyclic) bond motifs is 1. The summed E-state index contributed by atoms with van der Waals surface area (Å²) in [7, 11) is 0. The van der Waals surface area contributed by atoms with Crippen molar-refractivity contribution in [2.75, 3.05) is 37.7 Å². The molecule has 0 bridgehead atoms. The number of ether oxygens (including phenoxy) is 1. The van der Waals surface area contributed by atoms with E-state index in [4.69, 9.17) is 4.74 Å². The molecule has 3 heterocycles. The van der Waals surface area contributed by atoms with Crippen molar-refractivity contribution >= 4 is 22.7 Å². The standard InChI is InChI=1S/C23H26N4O.BrH/c1-17-4-2-3-5-21(17)27-11-9-26(10-12-27)16-20-15-24-23(25-20)19-6-7-22-18(14-19)8-13-28-22;/h2-7,14-15H,8-13,16H2,1H3,(H,24,25);1H. The van der Waals surface area contributed by atoms with Gasteiger partial charge in [-0.3, -0.25) is 4.90 Å². The fourth-order valence-corrected chi connectivity index (χ4v) is 4.23. The van der Waals surface area contributed by atoms with Gasteiger partial charge in [-0.25, -0.2) is 4.98 Å². The number of hydrogen-bond acceptors (Lipinski definition) is 4. The number of benzene rings is 2. The van der Waals surface area contributed by atoms with Crippen molar-refractivity contribution < 1.29 is 4.74 Å². The summed E-state index contributed by atoms with van der Waals surface area (Å²) in [5.74, 6) is 1.96. The number of hydrogen-bond donors (Lipinski definition) is 1. The number of H-pyrrole nitrogens is 1. The lowest BCUT2D eigenvalue weighted by Gasteiger charge is -2.36. The van der Waals surface area contributed by atoms with Crippen LogP contribution in [-0.4, -0.2) is 47.7 Å². The van der Waals surface area contributed by atoms with Gasteiger partial charge in [0.25, 0.3) is 0 Å². The van der Waals surface area contributed by atoms with E-state index >= 15 is 0 Å². The third-order valence-corrected chi connectivity index (χ3v) is 5.81. The number of nitrogens with zero attached hydrogens (tertiary/aromatic N) is 3. The Balaban J connectivity index is 0.00000205. The van der Waals surface area contributed by atoms with Gasteiger partial charge in [0.15, 0.2) is 0 Å². The normalized spacial score (nSPS) is 16.2. The minimum atomic E-state index is 0. The van der Waals surface area contributed by atoms with Gasteiger partial charge in [0.1, 0.15) is 11.6 Å². The molecule has 29 heavy (non-hydrogen) atoms. The number of aromatic amines is 1. The predicted molar refractivity (Wildman–Crippen MR) is 122 cm³/mol. The van der Waals surface area contributed by atoms with Crippen LogP contribution in [0.25, 0.3) is 11.4 Å². The molecule has 152 valence electrons. The van der Waals surface area contributed by atoms with Crippen LogP contribution in [0.4, 0.5) is 5.69 Å². The number of piperazine rings is 1. The zero-order chi connectivity index (χ0) is 18.9. The molecule has 1 aromatic heterocycles. The molecule has 0 radical (unpaired) electrons. The highest BCUT2D eigenvalue weighted by Gasteiger charge is 2.19. The molecule has 6 heteroatoms. The van der Waals surface area contributed by atoms with E-state index in [1.54, 1.807) is 0 Å². The van der Waals surface area contributed by atoms with Crippen molar-refractivity contribution in [2.45, 2.75) is 19.9 Å². The number of anilines is 1. The Hall–Kier alpha value is -2.31. The van der Waals surface area contributed by atoms with E-state index in [1.165, 1.54) is 22.5 Å². The molecule has 1 fully saturated rings. The van der Waals surface area contributed by atoms with Crippen LogP contribution in [0.15, 0.2) is 48.7 Å². The van der Waals surface area contributed by atoms with Gasteiger partial charge in [-0.2, -0.15) is 0 Å². The van der Waals surface area contributed by atoms with Crippen LogP contribution in [0, 0.1) is 6.92 Å². The van der Waals surface area contributed by atoms with Crippen molar-refractivity contribution in [2.24, 2.45) is 0 Å². The van der Waals surface area contributed by atoms with Crippen molar-refractivity contribution in [1.29, 1.82) is 0 Å². The third-order valence-electron chi connectivity index (χ3n) is 5.81. The van der Waals surface area contributed by atoms with Crippen LogP contribution in [-0.2, 0) is 13.0 Å². The number of nitrogens with one attached hydrogen (secondary N) is 1. The lowest BCUT2D eigenvalue weighted by Crippen LogP contribution is -2.46. The lowest BCUT2D eigenvalue weighted by molar-refractivity contribution is 0.247. The van der Waals surface area contributed by atoms with Gasteiger partial charge in [0, 0.05) is 62.3 Å². The highest BCUT2D eigenvalue weighted by atomic mass is 79.9. The van der Waals surface area contributed by atoms with Crippen LogP contribution >= 0.6 is 17.0 Å². The molecule has 5 rings (SSSR count). The Kier molecular flexibility index (Phi) is 5.92. The van der Waals surface area contributed by atoms with Crippen LogP contribution in [0.3, 0.4) is 0 Å². The maximum Gasteiger partial charge on any atom is 0.137 e. The van der Waals surface area contributed by atoms with E-state index in [0.29, 0.717) is 0 Å². The molecule has 2 aliphatic heterocycles. The van der Waals surface area contributed by atoms with Gasteiger partial charge in [0.2, 0.25) is 0 Å². The van der Waals surface area contributed by atoms with Crippen molar-refractivity contribution in [3.63, 3.8) is 0 Å². The Bertz CT molecular complexity index is 979. The molecule has 0 spiro atoms. The van der Waals surface area contributed by atoms with Gasteiger partial charge in [-0.05, 0) is 42.3 Å². The molecule has 2 aromatic carbocycles. The van der Waals surface area contributed by atoms with Crippen molar-refractivity contribution in [1.82, 2.24) is 14.9 Å². The van der Waals surface area contributed by atoms with Crippen molar-refractivity contribution in [3.05, 3.63) is 65.5 Å². The van der Waals surface area contributed by atoms with E-state index in [0.717, 1.165) is 62.9 Å². The second kappa shape index (κ2) is 8.59. The SMILES string of the molecule is Br.Cc1ccccc1N1CCN(Cc2cnc(-c3ccc4c(c3)CCO4)[nH]2)CC1. The third kappa shape index (κ3) is 4.19. The zero-order valence-electron chi connectivity index (χ0n) is 16.7. The molecule has 1 saturated heterocycles. The average molecular weight is 455 g/mol. The predicted octanol–water partition coefficient (Wildman–Crippen LogP) is 4.22. The average Bonchev–Trinajstić information content (AvgIpc) is 3.38. The van der Waals surface area contributed by atoms with Gasteiger partial charge in [-0.15, -0.1) is 17.0 Å². The van der Waals surface area contributed by atoms with Gasteiger partial charge in [0.05, 0.1) is 6.61 Å². The first-order valence-corrected chi connectivity index (χ1v) is 10.1. The highest BCUT2D eigenvalue weighted by Crippen LogP contribution is 2.29. The summed E-state index contributed by atoms with van der Waals surface area (Å²) in [6, 6.07) is 15.0. The molecule has 0 unspecified atom stereocenters. The molecule has 1 N–H and O–H groups in total. The molecule has 0 atom stereocenters. The number of imidazole rings is 1. The molecule has 0 aliphatic carbocycles. The summed E-state index contributed by atoms with van der Waals surface area (Å²) in [6.07, 6.45) is 2.97. The zero-order valence-corrected chi connectivity index (χ0v) is 18.4. The Morgan fingerprint density at radius 1 is 1.07 bits per heavy atom. The first-order chi connectivity index (χ1) is 13.8. The van der Waals surface area contributed by atoms with E-state index in [2.05, 4.69) is 69.2 Å². The first kappa shape index (κ1) is 20.0. The van der Waals surface area contributed by atoms with Crippen LogP contribution < -0.4 is 9.64 Å². The molecule has 3 aromatic rings. The molecular formula is C23H27BrN4O. The van der Waals surface area contributed by atoms with Gasteiger partial charge < -0.3 is 14.6 Å². The van der Waals surface area contributed by atoms with Gasteiger partial charge >= 0.3 is 0 Å².